The second-order valence-corrected chi connectivity index (χ2v) is 2.91. The van der Waals surface area contributed by atoms with Crippen molar-refractivity contribution in [2.24, 2.45) is 0 Å². The fourth-order valence-electron chi connectivity index (χ4n) is 0.387. The van der Waals surface area contributed by atoms with Crippen LogP contribution in [0.4, 0.5) is 8.78 Å². The molecule has 0 fully saturated rings. The summed E-state index contributed by atoms with van der Waals surface area (Å²) in [5.74, 6) is 0.0833. The molecule has 0 unspecified atom stereocenters. The number of hydrogen-bond acceptors (Lipinski definition) is 3. The van der Waals surface area contributed by atoms with E-state index in [0.29, 0.717) is 5.75 Å². The molecule has 0 spiro atoms. The Kier molecular flexibility index (Phi) is 6.21. The second kappa shape index (κ2) is 6.39. The summed E-state index contributed by atoms with van der Waals surface area (Å²) in [5.41, 5.74) is 0. The average Bonchev–Trinajstić information content (AvgIpc) is 1.97. The minimum absolute atomic E-state index is 0.156. The van der Waals surface area contributed by atoms with E-state index < -0.39 is 6.43 Å². The molecule has 0 aliphatic heterocycles. The van der Waals surface area contributed by atoms with Crippen molar-refractivity contribution in [3.63, 3.8) is 0 Å². The maximum absolute atomic E-state index is 11.5. The van der Waals surface area contributed by atoms with E-state index in [9.17, 15) is 13.6 Å². The van der Waals surface area contributed by atoms with Gasteiger partial charge in [-0.15, -0.1) is 11.8 Å². The highest BCUT2D eigenvalue weighted by Gasteiger charge is 2.03. The molecule has 0 radical (unpaired) electrons. The molecular formula is C6H10F2O2S. The third kappa shape index (κ3) is 7.58. The number of hydrogen-bond donors (Lipinski definition) is 0. The molecule has 66 valence electrons. The molecule has 2 nitrogen and oxygen atoms in total. The maximum Gasteiger partial charge on any atom is 0.315 e. The molecule has 0 aliphatic carbocycles. The van der Waals surface area contributed by atoms with Gasteiger partial charge in [-0.1, -0.05) is 0 Å². The number of carbonyl (C=O) groups is 1. The van der Waals surface area contributed by atoms with E-state index in [4.69, 9.17) is 0 Å². The van der Waals surface area contributed by atoms with Gasteiger partial charge in [0, 0.05) is 6.42 Å². The molecule has 0 N–H and O–H groups in total. The maximum atomic E-state index is 11.5. The van der Waals surface area contributed by atoms with Gasteiger partial charge >= 0.3 is 5.97 Å². The minimum atomic E-state index is -2.28. The van der Waals surface area contributed by atoms with Crippen LogP contribution in [0.15, 0.2) is 0 Å². The lowest BCUT2D eigenvalue weighted by atomic mass is 10.5. The lowest BCUT2D eigenvalue weighted by molar-refractivity contribution is -0.137. The van der Waals surface area contributed by atoms with E-state index in [1.807, 2.05) is 0 Å². The van der Waals surface area contributed by atoms with Gasteiger partial charge in [-0.2, -0.15) is 0 Å². The zero-order valence-electron chi connectivity index (χ0n) is 6.18. The number of esters is 1. The van der Waals surface area contributed by atoms with Crippen molar-refractivity contribution in [3.05, 3.63) is 0 Å². The van der Waals surface area contributed by atoms with Crippen LogP contribution in [0.3, 0.4) is 0 Å². The molecule has 0 aromatic heterocycles. The van der Waals surface area contributed by atoms with Gasteiger partial charge in [0.05, 0.1) is 12.9 Å². The highest BCUT2D eigenvalue weighted by Crippen LogP contribution is 2.07. The quantitative estimate of drug-likeness (QED) is 0.479. The number of thioether (sulfide) groups is 1. The van der Waals surface area contributed by atoms with Crippen molar-refractivity contribution in [1.29, 1.82) is 0 Å². The van der Waals surface area contributed by atoms with Gasteiger partial charge in [0.25, 0.3) is 0 Å². The highest BCUT2D eigenvalue weighted by atomic mass is 32.2. The predicted octanol–water partition coefficient (Wildman–Crippen LogP) is 1.55. The third-order valence-electron chi connectivity index (χ3n) is 0.928. The van der Waals surface area contributed by atoms with E-state index in [0.717, 1.165) is 11.8 Å². The summed E-state index contributed by atoms with van der Waals surface area (Å²) in [6.45, 7) is 0. The molecule has 0 rings (SSSR count). The summed E-state index contributed by atoms with van der Waals surface area (Å²) in [6.07, 6.45) is -2.44. The number of rotatable bonds is 5. The largest absolute Gasteiger partial charge is 0.468 e. The molecule has 0 heterocycles. The normalized spacial score (nSPS) is 10.2. The second-order valence-electron chi connectivity index (χ2n) is 1.81. The highest BCUT2D eigenvalue weighted by molar-refractivity contribution is 7.99. The first-order valence-electron chi connectivity index (χ1n) is 3.09. The molecule has 0 aromatic carbocycles. The first-order valence-corrected chi connectivity index (χ1v) is 4.25. The predicted molar refractivity (Wildman–Crippen MR) is 40.0 cm³/mol. The average molecular weight is 184 g/mol. The van der Waals surface area contributed by atoms with E-state index in [-0.39, 0.29) is 18.1 Å². The van der Waals surface area contributed by atoms with E-state index >= 15 is 0 Å². The van der Waals surface area contributed by atoms with Crippen molar-refractivity contribution in [2.75, 3.05) is 18.6 Å². The molecule has 0 amide bonds. The van der Waals surface area contributed by atoms with Crippen LogP contribution < -0.4 is 0 Å². The van der Waals surface area contributed by atoms with Gasteiger partial charge in [-0.05, 0) is 5.75 Å². The van der Waals surface area contributed by atoms with E-state index in [2.05, 4.69) is 4.74 Å². The molecule has 5 heteroatoms. The van der Waals surface area contributed by atoms with E-state index in [1.54, 1.807) is 0 Å². The van der Waals surface area contributed by atoms with Crippen LogP contribution >= 0.6 is 11.8 Å². The Morgan fingerprint density at radius 2 is 2.27 bits per heavy atom. The van der Waals surface area contributed by atoms with Crippen molar-refractivity contribution >= 4 is 17.7 Å². The molecule has 0 saturated carbocycles. The van der Waals surface area contributed by atoms with Crippen LogP contribution in [-0.4, -0.2) is 31.0 Å². The van der Waals surface area contributed by atoms with Gasteiger partial charge < -0.3 is 4.74 Å². The van der Waals surface area contributed by atoms with Crippen LogP contribution in [0.25, 0.3) is 0 Å². The van der Waals surface area contributed by atoms with Crippen LogP contribution in [0.2, 0.25) is 0 Å². The number of alkyl halides is 2. The molecule has 11 heavy (non-hydrogen) atoms. The molecular weight excluding hydrogens is 174 g/mol. The fraction of sp³-hybridized carbons (Fsp3) is 0.833. The summed E-state index contributed by atoms with van der Waals surface area (Å²) >= 11 is 1.16. The van der Waals surface area contributed by atoms with Crippen molar-refractivity contribution in [1.82, 2.24) is 0 Å². The summed E-state index contributed by atoms with van der Waals surface area (Å²) < 4.78 is 27.3. The Bertz CT molecular complexity index is 119. The minimum Gasteiger partial charge on any atom is -0.468 e. The van der Waals surface area contributed by atoms with Gasteiger partial charge in [0.2, 0.25) is 6.43 Å². The summed E-state index contributed by atoms with van der Waals surface area (Å²) in [6, 6.07) is 0. The fourth-order valence-corrected chi connectivity index (χ4v) is 1.16. The third-order valence-corrected chi connectivity index (χ3v) is 1.89. The summed E-state index contributed by atoms with van der Waals surface area (Å²) in [5, 5.41) is 0. The lowest BCUT2D eigenvalue weighted by Gasteiger charge is -1.98. The van der Waals surface area contributed by atoms with Crippen molar-refractivity contribution in [3.8, 4) is 0 Å². The van der Waals surface area contributed by atoms with Gasteiger partial charge in [-0.3, -0.25) is 4.79 Å². The van der Waals surface area contributed by atoms with Gasteiger partial charge in [-0.25, -0.2) is 8.78 Å². The number of halogens is 2. The first-order chi connectivity index (χ1) is 5.16. The Hall–Kier alpha value is -0.320. The van der Waals surface area contributed by atoms with Crippen LogP contribution in [-0.2, 0) is 9.53 Å². The standard InChI is InChI=1S/C6H10F2O2S/c1-10-6(9)4-11-3-2-5(7)8/h5H,2-4H2,1H3. The first kappa shape index (κ1) is 10.7. The molecule has 0 bridgehead atoms. The Balaban J connectivity index is 3.08. The smallest absolute Gasteiger partial charge is 0.315 e. The van der Waals surface area contributed by atoms with Gasteiger partial charge in [0.1, 0.15) is 0 Å². The molecule has 0 aromatic rings. The zero-order valence-corrected chi connectivity index (χ0v) is 7.00. The van der Waals surface area contributed by atoms with Crippen LogP contribution in [0.1, 0.15) is 6.42 Å². The molecule has 0 aliphatic rings. The Morgan fingerprint density at radius 1 is 1.64 bits per heavy atom. The van der Waals surface area contributed by atoms with Crippen LogP contribution in [0, 0.1) is 0 Å². The summed E-state index contributed by atoms with van der Waals surface area (Å²) in [7, 11) is 1.27. The Labute approximate surface area is 68.3 Å². The monoisotopic (exact) mass is 184 g/mol. The number of methoxy groups -OCH3 is 1. The zero-order chi connectivity index (χ0) is 8.69. The van der Waals surface area contributed by atoms with Gasteiger partial charge in [0.15, 0.2) is 0 Å². The SMILES string of the molecule is COC(=O)CSCCC(F)F. The van der Waals surface area contributed by atoms with Crippen LogP contribution in [0.5, 0.6) is 0 Å². The van der Waals surface area contributed by atoms with Crippen molar-refractivity contribution < 1.29 is 18.3 Å². The number of ether oxygens (including phenoxy) is 1. The topological polar surface area (TPSA) is 26.3 Å². The molecule has 0 saturated heterocycles. The Morgan fingerprint density at radius 3 is 2.73 bits per heavy atom. The summed E-state index contributed by atoms with van der Waals surface area (Å²) in [4.78, 5) is 10.4. The molecule has 0 atom stereocenters. The van der Waals surface area contributed by atoms with Crippen molar-refractivity contribution in [2.45, 2.75) is 12.8 Å². The van der Waals surface area contributed by atoms with E-state index in [1.165, 1.54) is 7.11 Å². The lowest BCUT2D eigenvalue weighted by Crippen LogP contribution is -2.04. The number of carbonyl (C=O) groups excluding carboxylic acids is 1.